The number of carbonyl (C=O) groups is 1. The van der Waals surface area contributed by atoms with E-state index in [1.807, 2.05) is 48.5 Å². The van der Waals surface area contributed by atoms with Crippen LogP contribution in [-0.4, -0.2) is 24.0 Å². The minimum Gasteiger partial charge on any atom is -0.357 e. The third-order valence-corrected chi connectivity index (χ3v) is 6.08. The highest BCUT2D eigenvalue weighted by Crippen LogP contribution is 2.29. The first-order valence-corrected chi connectivity index (χ1v) is 10.7. The van der Waals surface area contributed by atoms with E-state index in [4.69, 9.17) is 4.98 Å². The molecule has 1 saturated carbocycles. The summed E-state index contributed by atoms with van der Waals surface area (Å²) in [4.78, 5) is 20.4. The highest BCUT2D eigenvalue weighted by Gasteiger charge is 2.22. The SMILES string of the molecule is CCc1ccccc1NC(=O)c1cc(N(C)C2CCCCC2)nc2ccccc12. The molecule has 0 unspecified atom stereocenters. The number of carbonyl (C=O) groups excluding carboxylic acids is 1. The summed E-state index contributed by atoms with van der Waals surface area (Å²) < 4.78 is 0. The maximum atomic E-state index is 13.3. The summed E-state index contributed by atoms with van der Waals surface area (Å²) >= 11 is 0. The highest BCUT2D eigenvalue weighted by atomic mass is 16.1. The highest BCUT2D eigenvalue weighted by molar-refractivity contribution is 6.13. The Labute approximate surface area is 173 Å². The number of aromatic nitrogens is 1. The first kappa shape index (κ1) is 19.4. The molecule has 4 heteroatoms. The fourth-order valence-corrected chi connectivity index (χ4v) is 4.33. The molecule has 1 fully saturated rings. The van der Waals surface area contributed by atoms with Gasteiger partial charge >= 0.3 is 0 Å². The first-order chi connectivity index (χ1) is 14.2. The van der Waals surface area contributed by atoms with Crippen LogP contribution in [0.25, 0.3) is 10.9 Å². The number of para-hydroxylation sites is 2. The van der Waals surface area contributed by atoms with Gasteiger partial charge in [0.25, 0.3) is 5.91 Å². The minimum absolute atomic E-state index is 0.0807. The van der Waals surface area contributed by atoms with Crippen molar-refractivity contribution in [3.05, 3.63) is 65.7 Å². The molecule has 150 valence electrons. The van der Waals surface area contributed by atoms with Crippen molar-refractivity contribution in [1.29, 1.82) is 0 Å². The Morgan fingerprint density at radius 1 is 1.07 bits per heavy atom. The van der Waals surface area contributed by atoms with Gasteiger partial charge in [0.15, 0.2) is 0 Å². The molecule has 1 aromatic heterocycles. The average Bonchev–Trinajstić information content (AvgIpc) is 2.78. The maximum absolute atomic E-state index is 13.3. The molecule has 0 radical (unpaired) electrons. The van der Waals surface area contributed by atoms with Crippen molar-refractivity contribution in [3.8, 4) is 0 Å². The van der Waals surface area contributed by atoms with Gasteiger partial charge < -0.3 is 10.2 Å². The molecule has 3 aromatic rings. The first-order valence-electron chi connectivity index (χ1n) is 10.7. The van der Waals surface area contributed by atoms with E-state index in [0.29, 0.717) is 11.6 Å². The number of nitrogens with zero attached hydrogens (tertiary/aromatic N) is 2. The van der Waals surface area contributed by atoms with Crippen molar-refractivity contribution >= 4 is 28.3 Å². The van der Waals surface area contributed by atoms with Crippen molar-refractivity contribution < 1.29 is 4.79 Å². The van der Waals surface area contributed by atoms with E-state index >= 15 is 0 Å². The zero-order valence-corrected chi connectivity index (χ0v) is 17.3. The number of hydrogen-bond donors (Lipinski definition) is 1. The third-order valence-electron chi connectivity index (χ3n) is 6.08. The Morgan fingerprint density at radius 3 is 2.59 bits per heavy atom. The molecule has 1 N–H and O–H groups in total. The number of aryl methyl sites for hydroxylation is 1. The van der Waals surface area contributed by atoms with Crippen LogP contribution >= 0.6 is 0 Å². The lowest BCUT2D eigenvalue weighted by Gasteiger charge is -2.32. The van der Waals surface area contributed by atoms with Crippen molar-refractivity contribution in [2.75, 3.05) is 17.3 Å². The molecule has 2 aromatic carbocycles. The Bertz CT molecular complexity index is 1010. The van der Waals surface area contributed by atoms with Crippen LogP contribution in [0, 0.1) is 0 Å². The van der Waals surface area contributed by atoms with Crippen LogP contribution in [0.15, 0.2) is 54.6 Å². The Kier molecular flexibility index (Phi) is 5.79. The van der Waals surface area contributed by atoms with Crippen molar-refractivity contribution in [2.45, 2.75) is 51.5 Å². The molecule has 0 aliphatic heterocycles. The summed E-state index contributed by atoms with van der Waals surface area (Å²) in [5.41, 5.74) is 3.56. The number of pyridine rings is 1. The van der Waals surface area contributed by atoms with Crippen molar-refractivity contribution in [2.24, 2.45) is 0 Å². The van der Waals surface area contributed by atoms with Gasteiger partial charge in [0, 0.05) is 24.2 Å². The molecule has 1 amide bonds. The third kappa shape index (κ3) is 4.12. The minimum atomic E-state index is -0.0807. The number of nitrogens with one attached hydrogen (secondary N) is 1. The summed E-state index contributed by atoms with van der Waals surface area (Å²) in [5.74, 6) is 0.798. The molecule has 4 rings (SSSR count). The molecule has 1 aliphatic rings. The van der Waals surface area contributed by atoms with Gasteiger partial charge in [0.2, 0.25) is 0 Å². The van der Waals surface area contributed by atoms with Gasteiger partial charge in [0.1, 0.15) is 5.82 Å². The zero-order chi connectivity index (χ0) is 20.2. The summed E-state index contributed by atoms with van der Waals surface area (Å²) in [5, 5.41) is 4.02. The standard InChI is InChI=1S/C25H29N3O/c1-3-18-11-7-9-15-22(18)27-25(29)21-17-24(26-23-16-10-8-14-20(21)23)28(2)19-12-5-4-6-13-19/h7-11,14-17,19H,3-6,12-13H2,1-2H3,(H,27,29). The van der Waals surface area contributed by atoms with Crippen LogP contribution < -0.4 is 10.2 Å². The molecule has 0 atom stereocenters. The van der Waals surface area contributed by atoms with Gasteiger partial charge in [-0.2, -0.15) is 0 Å². The summed E-state index contributed by atoms with van der Waals surface area (Å²) in [6.45, 7) is 2.10. The van der Waals surface area contributed by atoms with E-state index in [-0.39, 0.29) is 5.91 Å². The van der Waals surface area contributed by atoms with E-state index < -0.39 is 0 Å². The van der Waals surface area contributed by atoms with Crippen molar-refractivity contribution in [1.82, 2.24) is 4.98 Å². The van der Waals surface area contributed by atoms with Gasteiger partial charge in [0.05, 0.1) is 11.1 Å². The Morgan fingerprint density at radius 2 is 1.79 bits per heavy atom. The smallest absolute Gasteiger partial charge is 0.256 e. The van der Waals surface area contributed by atoms with Gasteiger partial charge in [-0.15, -0.1) is 0 Å². The molecule has 0 bridgehead atoms. The van der Waals surface area contributed by atoms with E-state index in [0.717, 1.165) is 34.4 Å². The fourth-order valence-electron chi connectivity index (χ4n) is 4.33. The van der Waals surface area contributed by atoms with Gasteiger partial charge in [-0.1, -0.05) is 62.6 Å². The van der Waals surface area contributed by atoms with Crippen LogP contribution in [0.4, 0.5) is 11.5 Å². The van der Waals surface area contributed by atoms with E-state index in [9.17, 15) is 4.79 Å². The molecule has 29 heavy (non-hydrogen) atoms. The number of fused-ring (bicyclic) bond motifs is 1. The number of anilines is 2. The Balaban J connectivity index is 1.71. The average molecular weight is 388 g/mol. The van der Waals surface area contributed by atoms with E-state index in [1.165, 1.54) is 32.1 Å². The quantitative estimate of drug-likeness (QED) is 0.600. The largest absolute Gasteiger partial charge is 0.357 e. The maximum Gasteiger partial charge on any atom is 0.256 e. The topological polar surface area (TPSA) is 45.2 Å². The Hall–Kier alpha value is -2.88. The van der Waals surface area contributed by atoms with Crippen LogP contribution in [0.5, 0.6) is 0 Å². The van der Waals surface area contributed by atoms with Crippen LogP contribution in [0.2, 0.25) is 0 Å². The molecule has 4 nitrogen and oxygen atoms in total. The number of amides is 1. The van der Waals surface area contributed by atoms with Gasteiger partial charge in [-0.3, -0.25) is 4.79 Å². The second-order valence-electron chi connectivity index (χ2n) is 7.91. The van der Waals surface area contributed by atoms with Gasteiger partial charge in [-0.25, -0.2) is 4.98 Å². The second-order valence-corrected chi connectivity index (χ2v) is 7.91. The van der Waals surface area contributed by atoms with Gasteiger partial charge in [-0.05, 0) is 43.0 Å². The summed E-state index contributed by atoms with van der Waals surface area (Å²) in [7, 11) is 2.11. The molecular weight excluding hydrogens is 358 g/mol. The normalized spacial score (nSPS) is 14.7. The summed E-state index contributed by atoms with van der Waals surface area (Å²) in [6.07, 6.45) is 7.11. The lowest BCUT2D eigenvalue weighted by atomic mass is 9.94. The number of rotatable bonds is 5. The van der Waals surface area contributed by atoms with Crippen LogP contribution in [0.1, 0.15) is 54.9 Å². The van der Waals surface area contributed by atoms with Crippen molar-refractivity contribution in [3.63, 3.8) is 0 Å². The fraction of sp³-hybridized carbons (Fsp3) is 0.360. The van der Waals surface area contributed by atoms with E-state index in [2.05, 4.69) is 30.3 Å². The zero-order valence-electron chi connectivity index (χ0n) is 17.3. The molecule has 1 aliphatic carbocycles. The van der Waals surface area contributed by atoms with E-state index in [1.54, 1.807) is 0 Å². The predicted molar refractivity (Wildman–Crippen MR) is 121 cm³/mol. The lowest BCUT2D eigenvalue weighted by Crippen LogP contribution is -2.34. The predicted octanol–water partition coefficient (Wildman–Crippen LogP) is 5.82. The van der Waals surface area contributed by atoms with Crippen LogP contribution in [-0.2, 0) is 6.42 Å². The number of hydrogen-bond acceptors (Lipinski definition) is 3. The monoisotopic (exact) mass is 387 g/mol. The lowest BCUT2D eigenvalue weighted by molar-refractivity contribution is 0.102. The molecular formula is C25H29N3O. The van der Waals surface area contributed by atoms with Crippen LogP contribution in [0.3, 0.4) is 0 Å². The molecule has 0 saturated heterocycles. The summed E-state index contributed by atoms with van der Waals surface area (Å²) in [6, 6.07) is 18.4. The number of benzene rings is 2. The molecule has 1 heterocycles. The second kappa shape index (κ2) is 8.64. The molecule has 0 spiro atoms.